The van der Waals surface area contributed by atoms with E-state index >= 15 is 0 Å². The molecular weight excluding hydrogens is 368 g/mol. The highest BCUT2D eigenvalue weighted by atomic mass is 32.2. The molecule has 27 heavy (non-hydrogen) atoms. The van der Waals surface area contributed by atoms with Gasteiger partial charge in [0.15, 0.2) is 0 Å². The minimum absolute atomic E-state index is 0.0870. The maximum absolute atomic E-state index is 12.9. The lowest BCUT2D eigenvalue weighted by molar-refractivity contribution is -0.118. The fourth-order valence-electron chi connectivity index (χ4n) is 3.76. The average Bonchev–Trinajstić information content (AvgIpc) is 3.03. The molecule has 0 saturated carbocycles. The van der Waals surface area contributed by atoms with Crippen LogP contribution in [0.2, 0.25) is 0 Å². The monoisotopic (exact) mass is 386 g/mol. The molecule has 0 aromatic heterocycles. The van der Waals surface area contributed by atoms with Gasteiger partial charge in [0.05, 0.1) is 16.1 Å². The van der Waals surface area contributed by atoms with Crippen LogP contribution < -0.4 is 9.62 Å². The van der Waals surface area contributed by atoms with Gasteiger partial charge in [-0.1, -0.05) is 0 Å². The van der Waals surface area contributed by atoms with Gasteiger partial charge < -0.3 is 10.0 Å². The lowest BCUT2D eigenvalue weighted by Crippen LogP contribution is -2.33. The van der Waals surface area contributed by atoms with E-state index in [9.17, 15) is 18.0 Å². The summed E-state index contributed by atoms with van der Waals surface area (Å²) >= 11 is 0. The second-order valence-electron chi connectivity index (χ2n) is 6.83. The summed E-state index contributed by atoms with van der Waals surface area (Å²) in [7, 11) is -3.83. The van der Waals surface area contributed by atoms with Crippen molar-refractivity contribution >= 4 is 33.3 Å². The zero-order chi connectivity index (χ0) is 19.3. The number of carboxylic acids is 1. The average molecular weight is 386 g/mol. The molecule has 2 N–H and O–H groups in total. The van der Waals surface area contributed by atoms with E-state index in [0.29, 0.717) is 37.1 Å². The van der Waals surface area contributed by atoms with Gasteiger partial charge in [-0.2, -0.15) is 0 Å². The van der Waals surface area contributed by atoms with Crippen LogP contribution in [0, 0.1) is 6.92 Å². The molecule has 2 aliphatic rings. The molecule has 0 aliphatic carbocycles. The maximum atomic E-state index is 12.9. The summed E-state index contributed by atoms with van der Waals surface area (Å²) in [4.78, 5) is 25.0. The Morgan fingerprint density at radius 2 is 1.81 bits per heavy atom. The molecular formula is C19H18N2O5S. The molecule has 0 radical (unpaired) electrons. The van der Waals surface area contributed by atoms with Crippen LogP contribution >= 0.6 is 0 Å². The van der Waals surface area contributed by atoms with Crippen LogP contribution in [0.15, 0.2) is 35.2 Å². The number of nitrogens with zero attached hydrogens (tertiary/aromatic N) is 1. The molecule has 4 rings (SSSR count). The molecule has 140 valence electrons. The lowest BCUT2D eigenvalue weighted by atomic mass is 10.00. The summed E-state index contributed by atoms with van der Waals surface area (Å²) in [6.07, 6.45) is 1.57. The van der Waals surface area contributed by atoms with Crippen LogP contribution in [0.3, 0.4) is 0 Å². The molecule has 2 heterocycles. The van der Waals surface area contributed by atoms with Crippen molar-refractivity contribution in [3.63, 3.8) is 0 Å². The minimum Gasteiger partial charge on any atom is -0.478 e. The van der Waals surface area contributed by atoms with Crippen molar-refractivity contribution in [3.05, 3.63) is 52.6 Å². The quantitative estimate of drug-likeness (QED) is 0.839. The van der Waals surface area contributed by atoms with Gasteiger partial charge in [0.25, 0.3) is 10.0 Å². The van der Waals surface area contributed by atoms with Crippen LogP contribution in [-0.4, -0.2) is 31.9 Å². The minimum atomic E-state index is -3.83. The molecule has 0 saturated heterocycles. The number of hydrogen-bond acceptors (Lipinski definition) is 4. The maximum Gasteiger partial charge on any atom is 0.335 e. The summed E-state index contributed by atoms with van der Waals surface area (Å²) in [6.45, 7) is 2.21. The molecule has 0 bridgehead atoms. The van der Waals surface area contributed by atoms with Crippen molar-refractivity contribution in [1.29, 1.82) is 0 Å². The molecule has 7 nitrogen and oxygen atoms in total. The summed E-state index contributed by atoms with van der Waals surface area (Å²) in [5.74, 6) is -0.970. The third-order valence-corrected chi connectivity index (χ3v) is 6.41. The van der Waals surface area contributed by atoms with E-state index in [1.807, 2.05) is 0 Å². The van der Waals surface area contributed by atoms with Crippen LogP contribution in [0.25, 0.3) is 0 Å². The van der Waals surface area contributed by atoms with E-state index in [0.717, 1.165) is 16.8 Å². The van der Waals surface area contributed by atoms with Crippen LogP contribution in [0.1, 0.15) is 33.5 Å². The highest BCUT2D eigenvalue weighted by molar-refractivity contribution is 7.92. The first-order chi connectivity index (χ1) is 12.8. The van der Waals surface area contributed by atoms with Gasteiger partial charge in [-0.25, -0.2) is 13.2 Å². The number of sulfonamides is 1. The van der Waals surface area contributed by atoms with Crippen molar-refractivity contribution < 1.29 is 23.1 Å². The topological polar surface area (TPSA) is 104 Å². The molecule has 0 atom stereocenters. The molecule has 0 unspecified atom stereocenters. The standard InChI is InChI=1S/C19H18N2O5S/c1-11-8-14(3-4-16(11)19(23)24)20-27(25,26)15-9-12-2-5-17(22)21-7-6-13(10-15)18(12)21/h3-4,8-10,20H,2,5-7H2,1H3,(H,23,24). The largest absolute Gasteiger partial charge is 0.478 e. The fourth-order valence-corrected chi connectivity index (χ4v) is 4.91. The number of amides is 1. The van der Waals surface area contributed by atoms with E-state index in [4.69, 9.17) is 5.11 Å². The third kappa shape index (κ3) is 2.95. The summed E-state index contributed by atoms with van der Waals surface area (Å²) in [6, 6.07) is 7.57. The highest BCUT2D eigenvalue weighted by Gasteiger charge is 2.33. The van der Waals surface area contributed by atoms with E-state index in [1.54, 1.807) is 24.0 Å². The first-order valence-electron chi connectivity index (χ1n) is 8.59. The smallest absolute Gasteiger partial charge is 0.335 e. The number of carbonyl (C=O) groups excluding carboxylic acids is 1. The Labute approximate surface area is 156 Å². The fraction of sp³-hybridized carbons (Fsp3) is 0.263. The molecule has 2 aromatic rings. The molecule has 8 heteroatoms. The molecule has 0 spiro atoms. The van der Waals surface area contributed by atoms with Gasteiger partial charge in [0.2, 0.25) is 5.91 Å². The zero-order valence-corrected chi connectivity index (χ0v) is 15.5. The predicted octanol–water partition coefficient (Wildman–Crippen LogP) is 2.33. The molecule has 0 fully saturated rings. The van der Waals surface area contributed by atoms with E-state index in [1.165, 1.54) is 18.2 Å². The number of hydrogen-bond donors (Lipinski definition) is 2. The van der Waals surface area contributed by atoms with Gasteiger partial charge in [-0.15, -0.1) is 0 Å². The van der Waals surface area contributed by atoms with Crippen LogP contribution in [0.4, 0.5) is 11.4 Å². The predicted molar refractivity (Wildman–Crippen MR) is 99.8 cm³/mol. The Morgan fingerprint density at radius 1 is 1.11 bits per heavy atom. The number of carboxylic acid groups (broad SMARTS) is 1. The number of benzene rings is 2. The van der Waals surface area contributed by atoms with E-state index in [2.05, 4.69) is 4.72 Å². The highest BCUT2D eigenvalue weighted by Crippen LogP contribution is 2.38. The number of aryl methyl sites for hydroxylation is 2. The number of anilines is 2. The first kappa shape index (κ1) is 17.5. The SMILES string of the molecule is Cc1cc(NS(=O)(=O)c2cc3c4c(c2)CCN4C(=O)CC3)ccc1C(=O)O. The first-order valence-corrected chi connectivity index (χ1v) is 10.1. The zero-order valence-electron chi connectivity index (χ0n) is 14.7. The molecule has 2 aliphatic heterocycles. The van der Waals surface area contributed by atoms with Gasteiger partial charge >= 0.3 is 5.97 Å². The van der Waals surface area contributed by atoms with Crippen LogP contribution in [0.5, 0.6) is 0 Å². The van der Waals surface area contributed by atoms with Crippen molar-refractivity contribution in [2.24, 2.45) is 0 Å². The molecule has 2 aromatic carbocycles. The number of aromatic carboxylic acids is 1. The summed E-state index contributed by atoms with van der Waals surface area (Å²) in [5, 5.41) is 9.09. The van der Waals surface area contributed by atoms with Gasteiger partial charge in [-0.3, -0.25) is 9.52 Å². The normalized spacial score (nSPS) is 15.6. The Bertz CT molecular complexity index is 1090. The number of nitrogens with one attached hydrogen (secondary N) is 1. The van der Waals surface area contributed by atoms with Gasteiger partial charge in [0.1, 0.15) is 0 Å². The Morgan fingerprint density at radius 3 is 2.48 bits per heavy atom. The van der Waals surface area contributed by atoms with Crippen molar-refractivity contribution in [2.75, 3.05) is 16.2 Å². The molecule has 1 amide bonds. The lowest BCUT2D eigenvalue weighted by Gasteiger charge is -2.25. The Hall–Kier alpha value is -2.87. The Balaban J connectivity index is 1.69. The third-order valence-electron chi connectivity index (χ3n) is 5.04. The second kappa shape index (κ2) is 6.09. The summed E-state index contributed by atoms with van der Waals surface area (Å²) in [5.41, 5.74) is 3.53. The summed E-state index contributed by atoms with van der Waals surface area (Å²) < 4.78 is 28.2. The van der Waals surface area contributed by atoms with Crippen molar-refractivity contribution in [1.82, 2.24) is 0 Å². The van der Waals surface area contributed by atoms with E-state index in [-0.39, 0.29) is 16.4 Å². The van der Waals surface area contributed by atoms with Crippen LogP contribution in [-0.2, 0) is 27.7 Å². The van der Waals surface area contributed by atoms with Gasteiger partial charge in [0, 0.05) is 18.7 Å². The Kier molecular flexibility index (Phi) is 3.96. The van der Waals surface area contributed by atoms with E-state index < -0.39 is 16.0 Å². The van der Waals surface area contributed by atoms with Crippen molar-refractivity contribution in [2.45, 2.75) is 31.1 Å². The number of carbonyl (C=O) groups is 2. The van der Waals surface area contributed by atoms with Crippen molar-refractivity contribution in [3.8, 4) is 0 Å². The van der Waals surface area contributed by atoms with Gasteiger partial charge in [-0.05, 0) is 66.8 Å². The second-order valence-corrected chi connectivity index (χ2v) is 8.51. The number of rotatable bonds is 4.